The van der Waals surface area contributed by atoms with Gasteiger partial charge in [0.15, 0.2) is 11.6 Å². The van der Waals surface area contributed by atoms with Crippen LogP contribution in [-0.4, -0.2) is 34.9 Å². The molecule has 1 amide bonds. The number of benzene rings is 2. The maximum absolute atomic E-state index is 13.7. The van der Waals surface area contributed by atoms with E-state index < -0.39 is 16.6 Å². The molecule has 142 valence electrons. The van der Waals surface area contributed by atoms with Crippen LogP contribution in [0, 0.1) is 21.7 Å². The van der Waals surface area contributed by atoms with Gasteiger partial charge in [-0.1, -0.05) is 12.1 Å². The number of hydrogen-bond donors (Lipinski definition) is 0. The first kappa shape index (κ1) is 18.9. The summed E-state index contributed by atoms with van der Waals surface area (Å²) in [5.74, 6) is -2.09. The number of halogens is 2. The van der Waals surface area contributed by atoms with Crippen molar-refractivity contribution < 1.29 is 23.2 Å². The van der Waals surface area contributed by atoms with Crippen LogP contribution in [0.3, 0.4) is 0 Å². The molecule has 0 unspecified atom stereocenters. The third kappa shape index (κ3) is 4.46. The minimum atomic E-state index is -0.924. The van der Waals surface area contributed by atoms with Crippen molar-refractivity contribution in [1.29, 1.82) is 0 Å². The minimum Gasteiger partial charge on any atom is -0.372 e. The zero-order valence-corrected chi connectivity index (χ0v) is 14.4. The van der Waals surface area contributed by atoms with E-state index in [2.05, 4.69) is 0 Å². The predicted octanol–water partition coefficient (Wildman–Crippen LogP) is 3.69. The van der Waals surface area contributed by atoms with Gasteiger partial charge in [-0.2, -0.15) is 0 Å². The maximum Gasteiger partial charge on any atom is 0.269 e. The molecule has 27 heavy (non-hydrogen) atoms. The molecule has 1 saturated heterocycles. The number of likely N-dealkylation sites (tertiary alicyclic amines) is 1. The molecule has 1 heterocycles. The van der Waals surface area contributed by atoms with E-state index in [1.807, 2.05) is 0 Å². The van der Waals surface area contributed by atoms with Gasteiger partial charge in [0.25, 0.3) is 11.6 Å². The molecule has 0 aromatic heterocycles. The highest BCUT2D eigenvalue weighted by atomic mass is 19.2. The second kappa shape index (κ2) is 8.22. The van der Waals surface area contributed by atoms with Crippen molar-refractivity contribution in [3.63, 3.8) is 0 Å². The molecule has 0 bridgehead atoms. The van der Waals surface area contributed by atoms with E-state index in [1.165, 1.54) is 36.4 Å². The van der Waals surface area contributed by atoms with Gasteiger partial charge in [-0.25, -0.2) is 8.78 Å². The van der Waals surface area contributed by atoms with E-state index in [4.69, 9.17) is 4.74 Å². The topological polar surface area (TPSA) is 72.7 Å². The highest BCUT2D eigenvalue weighted by Gasteiger charge is 2.25. The van der Waals surface area contributed by atoms with Gasteiger partial charge in [0.2, 0.25) is 0 Å². The third-order valence-corrected chi connectivity index (χ3v) is 4.50. The van der Waals surface area contributed by atoms with E-state index in [1.54, 1.807) is 4.90 Å². The SMILES string of the molecule is O=C(c1ccc([N+](=O)[O-])cc1)N1CCC[C@@H](OCc2cccc(F)c2F)C1. The number of carbonyl (C=O) groups excluding carboxylic acids is 1. The highest BCUT2D eigenvalue weighted by molar-refractivity contribution is 5.94. The van der Waals surface area contributed by atoms with Gasteiger partial charge in [0.1, 0.15) is 0 Å². The normalized spacial score (nSPS) is 17.0. The van der Waals surface area contributed by atoms with Crippen molar-refractivity contribution in [2.24, 2.45) is 0 Å². The van der Waals surface area contributed by atoms with Gasteiger partial charge in [0, 0.05) is 36.3 Å². The van der Waals surface area contributed by atoms with Crippen LogP contribution < -0.4 is 0 Å². The second-order valence-electron chi connectivity index (χ2n) is 6.34. The number of piperidine rings is 1. The molecule has 1 aliphatic heterocycles. The molecule has 0 saturated carbocycles. The zero-order valence-electron chi connectivity index (χ0n) is 14.4. The molecule has 2 aromatic rings. The summed E-state index contributed by atoms with van der Waals surface area (Å²) in [6.07, 6.45) is 1.14. The van der Waals surface area contributed by atoms with Gasteiger partial charge in [-0.3, -0.25) is 14.9 Å². The Morgan fingerprint density at radius 3 is 2.67 bits per heavy atom. The monoisotopic (exact) mass is 376 g/mol. The van der Waals surface area contributed by atoms with E-state index >= 15 is 0 Å². The lowest BCUT2D eigenvalue weighted by atomic mass is 10.1. The Morgan fingerprint density at radius 2 is 1.96 bits per heavy atom. The molecule has 1 fully saturated rings. The Labute approximate surface area is 154 Å². The smallest absolute Gasteiger partial charge is 0.269 e. The van der Waals surface area contributed by atoms with Crippen molar-refractivity contribution in [3.8, 4) is 0 Å². The first-order valence-corrected chi connectivity index (χ1v) is 8.54. The van der Waals surface area contributed by atoms with Crippen molar-refractivity contribution in [2.75, 3.05) is 13.1 Å². The first-order valence-electron chi connectivity index (χ1n) is 8.54. The molecule has 0 spiro atoms. The Bertz CT molecular complexity index is 842. The summed E-state index contributed by atoms with van der Waals surface area (Å²) in [7, 11) is 0. The molecule has 3 rings (SSSR count). The number of nitro groups is 1. The van der Waals surface area contributed by atoms with Crippen LogP contribution in [0.5, 0.6) is 0 Å². The van der Waals surface area contributed by atoms with Crippen LogP contribution in [0.1, 0.15) is 28.8 Å². The van der Waals surface area contributed by atoms with Gasteiger partial charge < -0.3 is 9.64 Å². The summed E-state index contributed by atoms with van der Waals surface area (Å²) in [5.41, 5.74) is 0.412. The fraction of sp³-hybridized carbons (Fsp3) is 0.316. The fourth-order valence-electron chi connectivity index (χ4n) is 3.03. The summed E-state index contributed by atoms with van der Waals surface area (Å²) < 4.78 is 32.6. The van der Waals surface area contributed by atoms with Gasteiger partial charge >= 0.3 is 0 Å². The van der Waals surface area contributed by atoms with E-state index in [0.29, 0.717) is 25.1 Å². The molecular weight excluding hydrogens is 358 g/mol. The summed E-state index contributed by atoms with van der Waals surface area (Å²) in [6.45, 7) is 0.796. The van der Waals surface area contributed by atoms with Crippen LogP contribution in [-0.2, 0) is 11.3 Å². The molecule has 2 aromatic carbocycles. The quantitative estimate of drug-likeness (QED) is 0.589. The number of amides is 1. The number of rotatable bonds is 5. The zero-order chi connectivity index (χ0) is 19.4. The molecule has 6 nitrogen and oxygen atoms in total. The van der Waals surface area contributed by atoms with E-state index in [-0.39, 0.29) is 29.9 Å². The molecule has 0 aliphatic carbocycles. The van der Waals surface area contributed by atoms with Crippen molar-refractivity contribution in [2.45, 2.75) is 25.6 Å². The lowest BCUT2D eigenvalue weighted by molar-refractivity contribution is -0.384. The largest absolute Gasteiger partial charge is 0.372 e. The Balaban J connectivity index is 1.60. The summed E-state index contributed by atoms with van der Waals surface area (Å²) in [5, 5.41) is 10.7. The van der Waals surface area contributed by atoms with Crippen molar-refractivity contribution >= 4 is 11.6 Å². The molecule has 0 radical (unpaired) electrons. The van der Waals surface area contributed by atoms with Crippen LogP contribution >= 0.6 is 0 Å². The summed E-state index contributed by atoms with van der Waals surface area (Å²) >= 11 is 0. The molecule has 0 N–H and O–H groups in total. The summed E-state index contributed by atoms with van der Waals surface area (Å²) in [4.78, 5) is 24.4. The predicted molar refractivity (Wildman–Crippen MR) is 93.2 cm³/mol. The van der Waals surface area contributed by atoms with Crippen LogP contribution in [0.15, 0.2) is 42.5 Å². The maximum atomic E-state index is 13.7. The average Bonchev–Trinajstić information content (AvgIpc) is 2.69. The van der Waals surface area contributed by atoms with Gasteiger partial charge in [-0.05, 0) is 31.0 Å². The fourth-order valence-corrected chi connectivity index (χ4v) is 3.03. The Hall–Kier alpha value is -2.87. The Kier molecular flexibility index (Phi) is 5.75. The Morgan fingerprint density at radius 1 is 1.22 bits per heavy atom. The number of ether oxygens (including phenoxy) is 1. The average molecular weight is 376 g/mol. The second-order valence-corrected chi connectivity index (χ2v) is 6.34. The molecule has 1 atom stereocenters. The number of hydrogen-bond acceptors (Lipinski definition) is 4. The number of nitrogens with zero attached hydrogens (tertiary/aromatic N) is 2. The summed E-state index contributed by atoms with van der Waals surface area (Å²) in [6, 6.07) is 9.35. The molecule has 8 heteroatoms. The highest BCUT2D eigenvalue weighted by Crippen LogP contribution is 2.20. The standard InChI is InChI=1S/C19H18F2N2O4/c20-17-5-1-3-14(18(17)21)12-27-16-4-2-10-22(11-16)19(24)13-6-8-15(9-7-13)23(25)26/h1,3,5-9,16H,2,4,10-12H2/t16-/m1/s1. The third-order valence-electron chi connectivity index (χ3n) is 4.50. The lowest BCUT2D eigenvalue weighted by Gasteiger charge is -2.32. The lowest BCUT2D eigenvalue weighted by Crippen LogP contribution is -2.43. The number of carbonyl (C=O) groups is 1. The van der Waals surface area contributed by atoms with Gasteiger partial charge in [0.05, 0.1) is 17.6 Å². The van der Waals surface area contributed by atoms with E-state index in [0.717, 1.165) is 12.5 Å². The molecular formula is C19H18F2N2O4. The number of nitro benzene ring substituents is 1. The number of non-ortho nitro benzene ring substituents is 1. The van der Waals surface area contributed by atoms with Crippen molar-refractivity contribution in [1.82, 2.24) is 4.90 Å². The van der Waals surface area contributed by atoms with Crippen LogP contribution in [0.25, 0.3) is 0 Å². The van der Waals surface area contributed by atoms with Crippen LogP contribution in [0.4, 0.5) is 14.5 Å². The van der Waals surface area contributed by atoms with Crippen molar-refractivity contribution in [3.05, 3.63) is 75.3 Å². The minimum absolute atomic E-state index is 0.0756. The van der Waals surface area contributed by atoms with Gasteiger partial charge in [-0.15, -0.1) is 0 Å². The molecule has 1 aliphatic rings. The first-order chi connectivity index (χ1) is 13.0. The van der Waals surface area contributed by atoms with E-state index in [9.17, 15) is 23.7 Å². The van der Waals surface area contributed by atoms with Crippen LogP contribution in [0.2, 0.25) is 0 Å².